The molecule has 0 bridgehead atoms. The van der Waals surface area contributed by atoms with Gasteiger partial charge >= 0.3 is 18.0 Å². The maximum Gasteiger partial charge on any atom is 0.338 e. The molecular weight excluding hydrogens is 422 g/mol. The van der Waals surface area contributed by atoms with Crippen LogP contribution in [0.15, 0.2) is 23.4 Å². The van der Waals surface area contributed by atoms with Gasteiger partial charge in [-0.15, -0.1) is 0 Å². The molecule has 1 aromatic carbocycles. The second kappa shape index (κ2) is 10.3. The number of nitrogens with one attached hydrogen (secondary N) is 2. The Kier molecular flexibility index (Phi) is 7.87. The highest BCUT2D eigenvalue weighted by Crippen LogP contribution is 2.36. The Labute approximate surface area is 176 Å². The molecule has 11 nitrogen and oxygen atoms in total. The van der Waals surface area contributed by atoms with Crippen molar-refractivity contribution in [3.63, 3.8) is 0 Å². The highest BCUT2D eigenvalue weighted by Gasteiger charge is 2.25. The minimum absolute atomic E-state index is 0.0100. The fourth-order valence-electron chi connectivity index (χ4n) is 2.41. The highest BCUT2D eigenvalue weighted by molar-refractivity contribution is 6.32. The van der Waals surface area contributed by atoms with Gasteiger partial charge in [-0.25, -0.2) is 14.4 Å². The second-order valence-corrected chi connectivity index (χ2v) is 6.21. The number of nitrogens with two attached hydrogens (primary N) is 1. The zero-order chi connectivity index (χ0) is 22.3. The third-order valence-corrected chi connectivity index (χ3v) is 4.03. The number of hydrogen-bond donors (Lipinski definition) is 3. The molecule has 0 aromatic heterocycles. The van der Waals surface area contributed by atoms with Gasteiger partial charge in [0, 0.05) is 0 Å². The fraction of sp³-hybridized carbons (Fsp3) is 0.333. The van der Waals surface area contributed by atoms with Crippen LogP contribution in [0.3, 0.4) is 0 Å². The van der Waals surface area contributed by atoms with E-state index in [1.165, 1.54) is 19.2 Å². The molecule has 0 fully saturated rings. The molecule has 1 heterocycles. The quantitative estimate of drug-likeness (QED) is 0.468. The monoisotopic (exact) mass is 441 g/mol. The maximum absolute atomic E-state index is 12.5. The van der Waals surface area contributed by atoms with Gasteiger partial charge in [0.25, 0.3) is 5.91 Å². The van der Waals surface area contributed by atoms with Gasteiger partial charge in [-0.3, -0.25) is 4.79 Å². The van der Waals surface area contributed by atoms with Gasteiger partial charge in [0.1, 0.15) is 6.61 Å². The van der Waals surface area contributed by atoms with Gasteiger partial charge in [0.05, 0.1) is 42.1 Å². The zero-order valence-electron chi connectivity index (χ0n) is 16.2. The summed E-state index contributed by atoms with van der Waals surface area (Å²) < 4.78 is 20.4. The van der Waals surface area contributed by atoms with E-state index in [4.69, 9.17) is 36.3 Å². The van der Waals surface area contributed by atoms with E-state index in [9.17, 15) is 19.2 Å². The SMILES string of the molecule is CCOC(=O)C1=C(COC(=O)c2cc(Cl)c(OCC(N)=O)c(OC)c2)NC(=O)NC1. The van der Waals surface area contributed by atoms with Crippen LogP contribution in [0.4, 0.5) is 4.79 Å². The van der Waals surface area contributed by atoms with Crippen molar-refractivity contribution in [1.82, 2.24) is 10.6 Å². The summed E-state index contributed by atoms with van der Waals surface area (Å²) in [6, 6.07) is 2.01. The van der Waals surface area contributed by atoms with Crippen LogP contribution in [-0.4, -0.2) is 57.4 Å². The summed E-state index contributed by atoms with van der Waals surface area (Å²) in [6.07, 6.45) is 0. The summed E-state index contributed by atoms with van der Waals surface area (Å²) in [4.78, 5) is 46.9. The van der Waals surface area contributed by atoms with Gasteiger partial charge in [-0.2, -0.15) is 0 Å². The second-order valence-electron chi connectivity index (χ2n) is 5.81. The number of carbonyl (C=O) groups excluding carboxylic acids is 4. The van der Waals surface area contributed by atoms with Crippen molar-refractivity contribution in [1.29, 1.82) is 0 Å². The van der Waals surface area contributed by atoms with E-state index < -0.39 is 30.5 Å². The molecule has 1 aliphatic rings. The molecule has 0 aliphatic carbocycles. The molecule has 2 rings (SSSR count). The molecule has 1 aliphatic heterocycles. The lowest BCUT2D eigenvalue weighted by Gasteiger charge is -2.21. The average molecular weight is 442 g/mol. The van der Waals surface area contributed by atoms with Crippen LogP contribution < -0.4 is 25.8 Å². The molecule has 0 atom stereocenters. The highest BCUT2D eigenvalue weighted by atomic mass is 35.5. The van der Waals surface area contributed by atoms with Crippen molar-refractivity contribution >= 4 is 35.5 Å². The lowest BCUT2D eigenvalue weighted by Crippen LogP contribution is -2.45. The summed E-state index contributed by atoms with van der Waals surface area (Å²) in [5, 5.41) is 4.85. The first-order valence-corrected chi connectivity index (χ1v) is 9.04. The molecular formula is C18H20ClN3O8. The molecule has 0 unspecified atom stereocenters. The number of hydrogen-bond acceptors (Lipinski definition) is 8. The van der Waals surface area contributed by atoms with Crippen LogP contribution in [0.2, 0.25) is 5.02 Å². The molecule has 12 heteroatoms. The summed E-state index contributed by atoms with van der Waals surface area (Å²) in [7, 11) is 1.32. The van der Waals surface area contributed by atoms with Crippen molar-refractivity contribution in [2.24, 2.45) is 5.73 Å². The van der Waals surface area contributed by atoms with E-state index in [0.717, 1.165) is 0 Å². The van der Waals surface area contributed by atoms with Gasteiger partial charge in [0.2, 0.25) is 0 Å². The van der Waals surface area contributed by atoms with E-state index in [2.05, 4.69) is 10.6 Å². The van der Waals surface area contributed by atoms with Crippen LogP contribution in [0.1, 0.15) is 17.3 Å². The molecule has 3 amide bonds. The molecule has 0 saturated carbocycles. The van der Waals surface area contributed by atoms with E-state index in [-0.39, 0.29) is 53.1 Å². The number of methoxy groups -OCH3 is 1. The van der Waals surface area contributed by atoms with Crippen molar-refractivity contribution < 1.29 is 38.1 Å². The Morgan fingerprint density at radius 2 is 1.93 bits per heavy atom. The minimum Gasteiger partial charge on any atom is -0.493 e. The standard InChI is InChI=1S/C18H20ClN3O8/c1-3-28-17(25)10-6-21-18(26)22-12(10)7-30-16(24)9-4-11(19)15(13(5-9)27-2)29-8-14(20)23/h4-5H,3,6-8H2,1-2H3,(H2,20,23)(H2,21,22,26). The number of ether oxygens (including phenoxy) is 4. The molecule has 30 heavy (non-hydrogen) atoms. The Bertz CT molecular complexity index is 900. The average Bonchev–Trinajstić information content (AvgIpc) is 2.70. The number of urea groups is 1. The Hall–Kier alpha value is -3.47. The normalized spacial score (nSPS) is 13.1. The summed E-state index contributed by atoms with van der Waals surface area (Å²) in [5.74, 6) is -2.05. The third-order valence-electron chi connectivity index (χ3n) is 3.75. The smallest absolute Gasteiger partial charge is 0.338 e. The van der Waals surface area contributed by atoms with Crippen LogP contribution in [0, 0.1) is 0 Å². The summed E-state index contributed by atoms with van der Waals surface area (Å²) >= 11 is 6.11. The summed E-state index contributed by atoms with van der Waals surface area (Å²) in [6.45, 7) is 0.897. The number of esters is 2. The zero-order valence-corrected chi connectivity index (χ0v) is 17.0. The number of benzene rings is 1. The molecule has 0 radical (unpaired) electrons. The maximum atomic E-state index is 12.5. The Morgan fingerprint density at radius 1 is 1.20 bits per heavy atom. The van der Waals surface area contributed by atoms with Gasteiger partial charge in [-0.1, -0.05) is 11.6 Å². The molecule has 1 aromatic rings. The van der Waals surface area contributed by atoms with E-state index in [1.807, 2.05) is 0 Å². The van der Waals surface area contributed by atoms with Gasteiger partial charge < -0.3 is 35.3 Å². The van der Waals surface area contributed by atoms with Crippen molar-refractivity contribution in [2.45, 2.75) is 6.92 Å². The van der Waals surface area contributed by atoms with Crippen LogP contribution in [-0.2, 0) is 19.1 Å². The van der Waals surface area contributed by atoms with E-state index in [1.54, 1.807) is 6.92 Å². The lowest BCUT2D eigenvalue weighted by molar-refractivity contribution is -0.138. The first kappa shape index (κ1) is 22.8. The van der Waals surface area contributed by atoms with Crippen molar-refractivity contribution in [3.05, 3.63) is 34.0 Å². The van der Waals surface area contributed by atoms with Gasteiger partial charge in [0.15, 0.2) is 18.1 Å². The predicted molar refractivity (Wildman–Crippen MR) is 103 cm³/mol. The number of primary amides is 1. The van der Waals surface area contributed by atoms with Crippen LogP contribution >= 0.6 is 11.6 Å². The van der Waals surface area contributed by atoms with Crippen molar-refractivity contribution in [3.8, 4) is 11.5 Å². The predicted octanol–water partition coefficient (Wildman–Crippen LogP) is 0.499. The third kappa shape index (κ3) is 5.77. The molecule has 4 N–H and O–H groups in total. The van der Waals surface area contributed by atoms with Crippen LogP contribution in [0.5, 0.6) is 11.5 Å². The van der Waals surface area contributed by atoms with E-state index >= 15 is 0 Å². The van der Waals surface area contributed by atoms with Gasteiger partial charge in [-0.05, 0) is 19.1 Å². The Morgan fingerprint density at radius 3 is 2.57 bits per heavy atom. The topological polar surface area (TPSA) is 155 Å². The molecule has 0 saturated heterocycles. The number of amides is 3. The number of rotatable bonds is 9. The van der Waals surface area contributed by atoms with Crippen LogP contribution in [0.25, 0.3) is 0 Å². The lowest BCUT2D eigenvalue weighted by atomic mass is 10.1. The number of carbonyl (C=O) groups is 4. The first-order valence-electron chi connectivity index (χ1n) is 8.66. The molecule has 162 valence electrons. The number of halogens is 1. The first-order chi connectivity index (χ1) is 14.3. The fourth-order valence-corrected chi connectivity index (χ4v) is 2.68. The van der Waals surface area contributed by atoms with E-state index in [0.29, 0.717) is 0 Å². The minimum atomic E-state index is -0.805. The molecule has 0 spiro atoms. The Balaban J connectivity index is 2.18. The van der Waals surface area contributed by atoms with Crippen molar-refractivity contribution in [2.75, 3.05) is 33.5 Å². The largest absolute Gasteiger partial charge is 0.493 e. The summed E-state index contributed by atoms with van der Waals surface area (Å²) in [5.41, 5.74) is 5.29.